The molecule has 0 bridgehead atoms. The van der Waals surface area contributed by atoms with E-state index in [-0.39, 0.29) is 17.2 Å². The maximum absolute atomic E-state index is 12.2. The van der Waals surface area contributed by atoms with Crippen molar-refractivity contribution in [2.24, 2.45) is 0 Å². The zero-order valence-electron chi connectivity index (χ0n) is 12.1. The third-order valence-corrected chi connectivity index (χ3v) is 5.57. The summed E-state index contributed by atoms with van der Waals surface area (Å²) in [7, 11) is -3.52. The lowest BCUT2D eigenvalue weighted by Crippen LogP contribution is -2.25. The van der Waals surface area contributed by atoms with Crippen molar-refractivity contribution in [1.29, 1.82) is 0 Å². The Balaban J connectivity index is 1.70. The normalized spacial score (nSPS) is 11.9. The molecule has 120 valence electrons. The minimum atomic E-state index is -3.52. The first-order valence-corrected chi connectivity index (χ1v) is 9.27. The number of phenols is 1. The summed E-state index contributed by atoms with van der Waals surface area (Å²) in [4.78, 5) is 3.34. The quantitative estimate of drug-likeness (QED) is 0.621. The lowest BCUT2D eigenvalue weighted by atomic mass is 10.1. The van der Waals surface area contributed by atoms with Gasteiger partial charge in [0, 0.05) is 28.1 Å². The summed E-state index contributed by atoms with van der Waals surface area (Å²) in [5.41, 5.74) is 1.86. The highest BCUT2D eigenvalue weighted by atomic mass is 79.9. The highest BCUT2D eigenvalue weighted by Crippen LogP contribution is 2.23. The lowest BCUT2D eigenvalue weighted by molar-refractivity contribution is 0.476. The minimum Gasteiger partial charge on any atom is -0.508 e. The van der Waals surface area contributed by atoms with Crippen LogP contribution in [0.4, 0.5) is 0 Å². The van der Waals surface area contributed by atoms with Crippen molar-refractivity contribution >= 4 is 36.9 Å². The van der Waals surface area contributed by atoms with Gasteiger partial charge in [0.2, 0.25) is 10.0 Å². The van der Waals surface area contributed by atoms with E-state index in [1.165, 1.54) is 0 Å². The van der Waals surface area contributed by atoms with Gasteiger partial charge in [0.05, 0.1) is 4.90 Å². The van der Waals surface area contributed by atoms with Crippen molar-refractivity contribution in [1.82, 2.24) is 9.71 Å². The predicted octanol–water partition coefficient (Wildman–Crippen LogP) is 3.16. The van der Waals surface area contributed by atoms with Crippen LogP contribution in [0.1, 0.15) is 5.56 Å². The topological polar surface area (TPSA) is 82.2 Å². The molecule has 23 heavy (non-hydrogen) atoms. The molecule has 0 fully saturated rings. The van der Waals surface area contributed by atoms with Crippen molar-refractivity contribution in [2.45, 2.75) is 11.3 Å². The summed E-state index contributed by atoms with van der Waals surface area (Å²) in [6, 6.07) is 11.6. The first-order chi connectivity index (χ1) is 11.0. The number of aromatic nitrogens is 1. The molecule has 0 saturated heterocycles. The molecule has 0 unspecified atom stereocenters. The first-order valence-electron chi connectivity index (χ1n) is 7.00. The molecule has 0 atom stereocenters. The first kappa shape index (κ1) is 16.0. The van der Waals surface area contributed by atoms with E-state index in [2.05, 4.69) is 25.6 Å². The van der Waals surface area contributed by atoms with Crippen LogP contribution in [0.25, 0.3) is 10.9 Å². The molecule has 0 spiro atoms. The molecule has 5 nitrogen and oxygen atoms in total. The molecule has 3 rings (SSSR count). The smallest absolute Gasteiger partial charge is 0.240 e. The molecule has 2 aromatic carbocycles. The van der Waals surface area contributed by atoms with Crippen molar-refractivity contribution < 1.29 is 13.5 Å². The molecule has 0 radical (unpaired) electrons. The number of aromatic hydroxyl groups is 1. The zero-order chi connectivity index (χ0) is 16.4. The van der Waals surface area contributed by atoms with Gasteiger partial charge < -0.3 is 10.1 Å². The monoisotopic (exact) mass is 394 g/mol. The molecule has 0 aliphatic rings. The van der Waals surface area contributed by atoms with E-state index in [9.17, 15) is 13.5 Å². The van der Waals surface area contributed by atoms with Crippen LogP contribution in [0.2, 0.25) is 0 Å². The Bertz CT molecular complexity index is 934. The van der Waals surface area contributed by atoms with Crippen molar-refractivity contribution in [3.8, 4) is 5.75 Å². The van der Waals surface area contributed by atoms with Crippen LogP contribution in [-0.2, 0) is 16.4 Å². The Morgan fingerprint density at radius 2 is 1.87 bits per heavy atom. The molecule has 7 heteroatoms. The summed E-state index contributed by atoms with van der Waals surface area (Å²) in [6.07, 6.45) is 2.36. The van der Waals surface area contributed by atoms with Gasteiger partial charge in [0.15, 0.2) is 0 Å². The largest absolute Gasteiger partial charge is 0.508 e. The maximum Gasteiger partial charge on any atom is 0.240 e. The molecule has 0 saturated carbocycles. The van der Waals surface area contributed by atoms with E-state index < -0.39 is 10.0 Å². The Hall–Kier alpha value is -1.83. The number of rotatable bonds is 5. The van der Waals surface area contributed by atoms with Gasteiger partial charge in [-0.1, -0.05) is 15.9 Å². The van der Waals surface area contributed by atoms with E-state index in [4.69, 9.17) is 0 Å². The van der Waals surface area contributed by atoms with E-state index in [1.807, 2.05) is 6.20 Å². The molecule has 3 aromatic rings. The fourth-order valence-corrected chi connectivity index (χ4v) is 3.69. The standard InChI is InChI=1S/C16H15BrN2O3S/c17-12-1-4-14(5-2-12)23(21,22)19-8-7-11-10-18-16-6-3-13(20)9-15(11)16/h1-6,9-10,18-20H,7-8H2. The van der Waals surface area contributed by atoms with Crippen LogP contribution < -0.4 is 4.72 Å². The van der Waals surface area contributed by atoms with Crippen molar-refractivity contribution in [3.05, 3.63) is 58.7 Å². The second kappa shape index (κ2) is 6.35. The van der Waals surface area contributed by atoms with Crippen molar-refractivity contribution in [2.75, 3.05) is 6.54 Å². The highest BCUT2D eigenvalue weighted by molar-refractivity contribution is 9.10. The number of benzene rings is 2. The van der Waals surface area contributed by atoms with E-state index in [0.717, 1.165) is 20.9 Å². The number of hydrogen-bond acceptors (Lipinski definition) is 3. The number of phenolic OH excluding ortho intramolecular Hbond substituents is 1. The fourth-order valence-electron chi connectivity index (χ4n) is 2.39. The van der Waals surface area contributed by atoms with Gasteiger partial charge in [0.25, 0.3) is 0 Å². The fraction of sp³-hybridized carbons (Fsp3) is 0.125. The van der Waals surface area contributed by atoms with E-state index in [1.54, 1.807) is 42.5 Å². The van der Waals surface area contributed by atoms with E-state index >= 15 is 0 Å². The lowest BCUT2D eigenvalue weighted by Gasteiger charge is -2.06. The van der Waals surface area contributed by atoms with Crippen LogP contribution in [0.3, 0.4) is 0 Å². The minimum absolute atomic E-state index is 0.189. The molecule has 1 heterocycles. The Morgan fingerprint density at radius 1 is 1.13 bits per heavy atom. The SMILES string of the molecule is O=S(=O)(NCCc1c[nH]c2ccc(O)cc12)c1ccc(Br)cc1. The van der Waals surface area contributed by atoms with Crippen LogP contribution in [0, 0.1) is 0 Å². The molecule has 0 aliphatic heterocycles. The van der Waals surface area contributed by atoms with Gasteiger partial charge >= 0.3 is 0 Å². The second-order valence-electron chi connectivity index (χ2n) is 5.15. The number of hydrogen-bond donors (Lipinski definition) is 3. The van der Waals surface area contributed by atoms with Gasteiger partial charge in [-0.05, 0) is 54.4 Å². The van der Waals surface area contributed by atoms with Gasteiger partial charge in [-0.25, -0.2) is 13.1 Å². The van der Waals surface area contributed by atoms with E-state index in [0.29, 0.717) is 6.42 Å². The van der Waals surface area contributed by atoms with Crippen LogP contribution >= 0.6 is 15.9 Å². The molecular weight excluding hydrogens is 380 g/mol. The molecule has 1 aromatic heterocycles. The van der Waals surface area contributed by atoms with Crippen LogP contribution in [0.5, 0.6) is 5.75 Å². The third-order valence-electron chi connectivity index (χ3n) is 3.56. The number of sulfonamides is 1. The molecule has 3 N–H and O–H groups in total. The highest BCUT2D eigenvalue weighted by Gasteiger charge is 2.13. The van der Waals surface area contributed by atoms with Gasteiger partial charge in [-0.2, -0.15) is 0 Å². The molecule has 0 aliphatic carbocycles. The average molecular weight is 395 g/mol. The molecule has 0 amide bonds. The summed E-state index contributed by atoms with van der Waals surface area (Å²) in [5, 5.41) is 10.5. The third kappa shape index (κ3) is 3.57. The Morgan fingerprint density at radius 3 is 2.61 bits per heavy atom. The summed E-state index contributed by atoms with van der Waals surface area (Å²) in [5.74, 6) is 0.189. The van der Waals surface area contributed by atoms with Crippen molar-refractivity contribution in [3.63, 3.8) is 0 Å². The number of aromatic amines is 1. The predicted molar refractivity (Wildman–Crippen MR) is 93.0 cm³/mol. The van der Waals surface area contributed by atoms with Gasteiger partial charge in [-0.15, -0.1) is 0 Å². The summed E-state index contributed by atoms with van der Waals surface area (Å²) < 4.78 is 27.9. The second-order valence-corrected chi connectivity index (χ2v) is 7.83. The number of H-pyrrole nitrogens is 1. The van der Waals surface area contributed by atoms with Crippen LogP contribution in [0.15, 0.2) is 58.0 Å². The maximum atomic E-state index is 12.2. The zero-order valence-corrected chi connectivity index (χ0v) is 14.5. The van der Waals surface area contributed by atoms with Crippen LogP contribution in [-0.4, -0.2) is 25.1 Å². The average Bonchev–Trinajstić information content (AvgIpc) is 2.90. The number of fused-ring (bicyclic) bond motifs is 1. The summed E-state index contributed by atoms with van der Waals surface area (Å²) >= 11 is 3.28. The van der Waals surface area contributed by atoms with Gasteiger partial charge in [-0.3, -0.25) is 0 Å². The number of nitrogens with one attached hydrogen (secondary N) is 2. The van der Waals surface area contributed by atoms with Gasteiger partial charge in [0.1, 0.15) is 5.75 Å². The molecular formula is C16H15BrN2O3S. The summed E-state index contributed by atoms with van der Waals surface area (Å²) in [6.45, 7) is 0.279. The Labute approximate surface area is 142 Å². The number of halogens is 1. The Kier molecular flexibility index (Phi) is 4.43.